The highest BCUT2D eigenvalue weighted by Gasteiger charge is 2.37. The van der Waals surface area contributed by atoms with E-state index >= 15 is 0 Å². The highest BCUT2D eigenvalue weighted by atomic mass is 35.5. The van der Waals surface area contributed by atoms with E-state index in [2.05, 4.69) is 15.4 Å². The van der Waals surface area contributed by atoms with Gasteiger partial charge >= 0.3 is 6.36 Å². The number of hydrogen-bond donors (Lipinski definition) is 2. The van der Waals surface area contributed by atoms with Crippen molar-refractivity contribution < 1.29 is 22.7 Å². The van der Waals surface area contributed by atoms with Crippen molar-refractivity contribution in [2.45, 2.75) is 18.9 Å². The molecule has 9 heteroatoms. The Morgan fingerprint density at radius 1 is 1.07 bits per heavy atom. The lowest BCUT2D eigenvalue weighted by Crippen LogP contribution is -2.40. The fourth-order valence-electron chi connectivity index (χ4n) is 3.51. The van der Waals surface area contributed by atoms with Crippen LogP contribution < -0.4 is 20.3 Å². The van der Waals surface area contributed by atoms with Crippen LogP contribution in [0.15, 0.2) is 54.7 Å². The molecule has 0 aliphatic carbocycles. The molecule has 29 heavy (non-hydrogen) atoms. The van der Waals surface area contributed by atoms with Gasteiger partial charge < -0.3 is 20.3 Å². The third-order valence-corrected chi connectivity index (χ3v) is 5.13. The second kappa shape index (κ2) is 7.51. The molecule has 5 nitrogen and oxygen atoms in total. The maximum atomic E-state index is 12.4. The second-order valence-electron chi connectivity index (χ2n) is 6.86. The van der Waals surface area contributed by atoms with Crippen molar-refractivity contribution >= 4 is 28.9 Å². The Morgan fingerprint density at radius 3 is 2.41 bits per heavy atom. The molecule has 2 aromatic carbocycles. The van der Waals surface area contributed by atoms with E-state index in [0.717, 1.165) is 11.4 Å². The molecule has 1 fully saturated rings. The van der Waals surface area contributed by atoms with Crippen molar-refractivity contribution in [3.63, 3.8) is 0 Å². The molecular weight excluding hydrogens is 407 g/mol. The minimum atomic E-state index is -4.72. The van der Waals surface area contributed by atoms with Crippen LogP contribution in [0.4, 0.5) is 18.9 Å². The fraction of sp³-hybridized carbons (Fsp3) is 0.250. The van der Waals surface area contributed by atoms with Gasteiger partial charge in [-0.2, -0.15) is 0 Å². The van der Waals surface area contributed by atoms with Gasteiger partial charge in [-0.05, 0) is 54.1 Å². The Labute approximate surface area is 170 Å². The predicted molar refractivity (Wildman–Crippen MR) is 103 cm³/mol. The maximum absolute atomic E-state index is 12.4. The zero-order chi connectivity index (χ0) is 20.6. The van der Waals surface area contributed by atoms with E-state index in [9.17, 15) is 18.0 Å². The van der Waals surface area contributed by atoms with Gasteiger partial charge in [0, 0.05) is 35.8 Å². The summed E-state index contributed by atoms with van der Waals surface area (Å²) in [4.78, 5) is 14.2. The van der Waals surface area contributed by atoms with Crippen molar-refractivity contribution in [3.05, 3.63) is 65.3 Å². The molecule has 4 rings (SSSR count). The van der Waals surface area contributed by atoms with E-state index < -0.39 is 6.36 Å². The molecule has 2 atom stereocenters. The van der Waals surface area contributed by atoms with Crippen LogP contribution in [0.2, 0.25) is 5.02 Å². The third kappa shape index (κ3) is 4.42. The molecule has 2 aliphatic rings. The van der Waals surface area contributed by atoms with Gasteiger partial charge in [0.2, 0.25) is 5.91 Å². The topological polar surface area (TPSA) is 53.6 Å². The van der Waals surface area contributed by atoms with Crippen molar-refractivity contribution in [1.82, 2.24) is 10.6 Å². The molecule has 2 aromatic rings. The molecule has 0 saturated carbocycles. The molecular formula is C20H17ClF3N3O2. The summed E-state index contributed by atoms with van der Waals surface area (Å²) in [5, 5.41) is 7.13. The minimum Gasteiger partial charge on any atom is -0.406 e. The normalized spacial score (nSPS) is 21.6. The van der Waals surface area contributed by atoms with Crippen LogP contribution in [0.5, 0.6) is 5.75 Å². The van der Waals surface area contributed by atoms with Crippen LogP contribution in [0.1, 0.15) is 12.0 Å². The molecule has 1 saturated heterocycles. The van der Waals surface area contributed by atoms with Crippen LogP contribution >= 0.6 is 11.6 Å². The van der Waals surface area contributed by atoms with E-state index in [4.69, 9.17) is 11.6 Å². The standard InChI is InChI=1S/C20H17ClF3N3O2/c21-14-3-5-15(6-4-14)27-11-13(9-18(27)28)19-25-10-17(26-19)12-1-7-16(8-2-12)29-20(22,23)24/h1-8,10,13,19,25-26H,9,11H2. The number of ether oxygens (including phenoxy) is 1. The third-order valence-electron chi connectivity index (χ3n) is 4.88. The number of amides is 1. The van der Waals surface area contributed by atoms with Gasteiger partial charge in [-0.1, -0.05) is 11.6 Å². The Kier molecular flexibility index (Phi) is 5.04. The van der Waals surface area contributed by atoms with Crippen LogP contribution in [0, 0.1) is 5.92 Å². The average Bonchev–Trinajstić information content (AvgIpc) is 3.29. The molecule has 152 valence electrons. The molecule has 1 amide bonds. The largest absolute Gasteiger partial charge is 0.573 e. The van der Waals surface area contributed by atoms with Crippen molar-refractivity contribution in [2.24, 2.45) is 5.92 Å². The van der Waals surface area contributed by atoms with E-state index in [1.165, 1.54) is 12.1 Å². The quantitative estimate of drug-likeness (QED) is 0.777. The Hall–Kier alpha value is -2.87. The molecule has 2 N–H and O–H groups in total. The molecule has 0 spiro atoms. The number of hydrogen-bond acceptors (Lipinski definition) is 4. The zero-order valence-electron chi connectivity index (χ0n) is 15.0. The predicted octanol–water partition coefficient (Wildman–Crippen LogP) is 4.11. The highest BCUT2D eigenvalue weighted by Crippen LogP contribution is 2.30. The zero-order valence-corrected chi connectivity index (χ0v) is 15.8. The van der Waals surface area contributed by atoms with Crippen LogP contribution in [-0.4, -0.2) is 25.0 Å². The Balaban J connectivity index is 1.38. The summed E-state index contributed by atoms with van der Waals surface area (Å²) in [6.45, 7) is 0.546. The lowest BCUT2D eigenvalue weighted by atomic mass is 10.1. The van der Waals surface area contributed by atoms with E-state index in [1.807, 2.05) is 12.1 Å². The minimum absolute atomic E-state index is 0.0276. The second-order valence-corrected chi connectivity index (χ2v) is 7.30. The molecule has 0 bridgehead atoms. The molecule has 0 aromatic heterocycles. The smallest absolute Gasteiger partial charge is 0.406 e. The number of halogens is 4. The van der Waals surface area contributed by atoms with Crippen LogP contribution in [0.3, 0.4) is 0 Å². The summed E-state index contributed by atoms with van der Waals surface area (Å²) >= 11 is 5.91. The summed E-state index contributed by atoms with van der Waals surface area (Å²) in [5.41, 5.74) is 2.26. The molecule has 2 heterocycles. The van der Waals surface area contributed by atoms with Gasteiger partial charge in [0.05, 0.1) is 5.70 Å². The first-order valence-electron chi connectivity index (χ1n) is 8.93. The Morgan fingerprint density at radius 2 is 1.76 bits per heavy atom. The first kappa shape index (κ1) is 19.4. The summed E-state index contributed by atoms with van der Waals surface area (Å²) in [5.74, 6) is -0.216. The van der Waals surface area contributed by atoms with Gasteiger partial charge in [-0.3, -0.25) is 4.79 Å². The summed E-state index contributed by atoms with van der Waals surface area (Å²) in [6.07, 6.45) is -2.73. The first-order valence-corrected chi connectivity index (χ1v) is 9.31. The van der Waals surface area contributed by atoms with Crippen LogP contribution in [-0.2, 0) is 4.79 Å². The molecule has 2 aliphatic heterocycles. The summed E-state index contributed by atoms with van der Waals surface area (Å²) < 4.78 is 40.7. The number of anilines is 1. The van der Waals surface area contributed by atoms with Crippen molar-refractivity contribution in [2.75, 3.05) is 11.4 Å². The highest BCUT2D eigenvalue weighted by molar-refractivity contribution is 6.30. The monoisotopic (exact) mass is 423 g/mol. The van der Waals surface area contributed by atoms with Gasteiger partial charge in [0.1, 0.15) is 11.9 Å². The Bertz CT molecular complexity index is 929. The van der Waals surface area contributed by atoms with Gasteiger partial charge in [-0.15, -0.1) is 13.2 Å². The number of rotatable bonds is 4. The van der Waals surface area contributed by atoms with Crippen molar-refractivity contribution in [3.8, 4) is 5.75 Å². The van der Waals surface area contributed by atoms with Gasteiger partial charge in [-0.25, -0.2) is 0 Å². The lowest BCUT2D eigenvalue weighted by Gasteiger charge is -2.22. The fourth-order valence-corrected chi connectivity index (χ4v) is 3.64. The average molecular weight is 424 g/mol. The van der Waals surface area contributed by atoms with Gasteiger partial charge in [0.15, 0.2) is 0 Å². The van der Waals surface area contributed by atoms with Gasteiger partial charge in [0.25, 0.3) is 0 Å². The SMILES string of the molecule is O=C1CC(C2NC=C(c3ccc(OC(F)(F)F)cc3)N2)CN1c1ccc(Cl)cc1. The maximum Gasteiger partial charge on any atom is 0.573 e. The van der Waals surface area contributed by atoms with E-state index in [-0.39, 0.29) is 23.7 Å². The number of carbonyl (C=O) groups is 1. The number of nitrogens with one attached hydrogen (secondary N) is 2. The number of carbonyl (C=O) groups excluding carboxylic acids is 1. The summed E-state index contributed by atoms with van der Waals surface area (Å²) in [6, 6.07) is 12.7. The van der Waals surface area contributed by atoms with E-state index in [0.29, 0.717) is 23.6 Å². The first-order chi connectivity index (χ1) is 13.8. The number of alkyl halides is 3. The molecule has 0 radical (unpaired) electrons. The number of nitrogens with zero attached hydrogens (tertiary/aromatic N) is 1. The van der Waals surface area contributed by atoms with Crippen LogP contribution in [0.25, 0.3) is 5.70 Å². The van der Waals surface area contributed by atoms with E-state index in [1.54, 1.807) is 35.4 Å². The number of benzene rings is 2. The molecule has 2 unspecified atom stereocenters. The van der Waals surface area contributed by atoms with Crippen molar-refractivity contribution in [1.29, 1.82) is 0 Å². The lowest BCUT2D eigenvalue weighted by molar-refractivity contribution is -0.274. The summed E-state index contributed by atoms with van der Waals surface area (Å²) in [7, 11) is 0.